The number of para-hydroxylation sites is 2. The first kappa shape index (κ1) is 22.3. The third kappa shape index (κ3) is 4.26. The molecule has 2 heterocycles. The van der Waals surface area contributed by atoms with Crippen LogP contribution in [0.25, 0.3) is 11.1 Å². The normalized spacial score (nSPS) is 13.8. The molecule has 4 aromatic rings. The maximum Gasteiger partial charge on any atom is 0.419 e. The largest absolute Gasteiger partial charge is 0.464 e. The minimum absolute atomic E-state index is 0.0131. The fraction of sp³-hybridized carbons (Fsp3) is 0.185. The van der Waals surface area contributed by atoms with Gasteiger partial charge in [0, 0.05) is 13.0 Å². The van der Waals surface area contributed by atoms with Crippen molar-refractivity contribution in [1.82, 2.24) is 9.47 Å². The topological polar surface area (TPSA) is 98.8 Å². The monoisotopic (exact) mass is 470 g/mol. The third-order valence-electron chi connectivity index (χ3n) is 6.03. The van der Waals surface area contributed by atoms with E-state index in [1.165, 1.54) is 4.57 Å². The summed E-state index contributed by atoms with van der Waals surface area (Å²) in [6, 6.07) is 21.6. The van der Waals surface area contributed by atoms with Crippen LogP contribution in [0.3, 0.4) is 0 Å². The number of amides is 2. The Morgan fingerprint density at radius 3 is 2.17 bits per heavy atom. The molecule has 0 unspecified atom stereocenters. The molecule has 1 aliphatic rings. The van der Waals surface area contributed by atoms with E-state index in [9.17, 15) is 19.2 Å². The van der Waals surface area contributed by atoms with Crippen LogP contribution in [0.5, 0.6) is 0 Å². The number of hydrogen-bond donors (Lipinski definition) is 0. The zero-order chi connectivity index (χ0) is 24.4. The summed E-state index contributed by atoms with van der Waals surface area (Å²) >= 11 is 0. The molecule has 0 saturated heterocycles. The Morgan fingerprint density at radius 1 is 0.829 bits per heavy atom. The second kappa shape index (κ2) is 9.42. The molecule has 35 heavy (non-hydrogen) atoms. The van der Waals surface area contributed by atoms with Gasteiger partial charge in [-0.15, -0.1) is 0 Å². The molecule has 0 fully saturated rings. The van der Waals surface area contributed by atoms with Crippen LogP contribution in [0.15, 0.2) is 88.1 Å². The van der Waals surface area contributed by atoms with Crippen molar-refractivity contribution in [2.75, 3.05) is 6.61 Å². The molecule has 8 nitrogen and oxygen atoms in total. The molecular weight excluding hydrogens is 448 g/mol. The Kier molecular flexibility index (Phi) is 6.01. The van der Waals surface area contributed by atoms with Gasteiger partial charge < -0.3 is 9.15 Å². The summed E-state index contributed by atoms with van der Waals surface area (Å²) in [7, 11) is 0. The minimum atomic E-state index is -1.11. The summed E-state index contributed by atoms with van der Waals surface area (Å²) in [5.41, 5.74) is 2.49. The molecule has 0 spiro atoms. The van der Waals surface area contributed by atoms with Gasteiger partial charge in [0.15, 0.2) is 5.58 Å². The number of fused-ring (bicyclic) bond motifs is 2. The van der Waals surface area contributed by atoms with Crippen LogP contribution >= 0.6 is 0 Å². The Morgan fingerprint density at radius 2 is 1.46 bits per heavy atom. The van der Waals surface area contributed by atoms with Crippen LogP contribution in [-0.2, 0) is 22.5 Å². The minimum Gasteiger partial charge on any atom is -0.464 e. The van der Waals surface area contributed by atoms with Gasteiger partial charge in [0.1, 0.15) is 6.04 Å². The second-order valence-electron chi connectivity index (χ2n) is 8.24. The number of benzene rings is 3. The summed E-state index contributed by atoms with van der Waals surface area (Å²) in [6.07, 6.45) is 0.492. The molecule has 0 bridgehead atoms. The van der Waals surface area contributed by atoms with Crippen molar-refractivity contribution < 1.29 is 23.5 Å². The Hall–Kier alpha value is -4.46. The predicted molar refractivity (Wildman–Crippen MR) is 127 cm³/mol. The van der Waals surface area contributed by atoms with E-state index in [1.807, 2.05) is 36.4 Å². The van der Waals surface area contributed by atoms with Crippen LogP contribution < -0.4 is 5.76 Å². The van der Waals surface area contributed by atoms with Gasteiger partial charge >= 0.3 is 11.7 Å². The fourth-order valence-corrected chi connectivity index (χ4v) is 4.33. The first-order valence-corrected chi connectivity index (χ1v) is 11.3. The molecule has 0 aliphatic carbocycles. The van der Waals surface area contributed by atoms with Crippen molar-refractivity contribution in [3.63, 3.8) is 0 Å². The van der Waals surface area contributed by atoms with Gasteiger partial charge in [-0.05, 0) is 36.2 Å². The van der Waals surface area contributed by atoms with Gasteiger partial charge in [-0.1, -0.05) is 54.6 Å². The number of imide groups is 1. The number of carbonyl (C=O) groups excluding carboxylic acids is 3. The first-order chi connectivity index (χ1) is 17.0. The number of esters is 1. The van der Waals surface area contributed by atoms with Crippen molar-refractivity contribution in [2.45, 2.75) is 25.4 Å². The number of ether oxygens (including phenoxy) is 1. The average molecular weight is 470 g/mol. The lowest BCUT2D eigenvalue weighted by Gasteiger charge is -2.24. The van der Waals surface area contributed by atoms with Crippen LogP contribution in [-0.4, -0.2) is 39.9 Å². The van der Waals surface area contributed by atoms with Gasteiger partial charge in [0.05, 0.1) is 23.3 Å². The first-order valence-electron chi connectivity index (χ1n) is 11.3. The van der Waals surface area contributed by atoms with Crippen molar-refractivity contribution in [3.8, 4) is 0 Å². The lowest BCUT2D eigenvalue weighted by molar-refractivity contribution is -0.148. The van der Waals surface area contributed by atoms with E-state index in [0.717, 1.165) is 10.5 Å². The molecule has 176 valence electrons. The highest BCUT2D eigenvalue weighted by Gasteiger charge is 2.43. The summed E-state index contributed by atoms with van der Waals surface area (Å²) < 4.78 is 12.2. The van der Waals surface area contributed by atoms with Gasteiger partial charge in [-0.2, -0.15) is 0 Å². The summed E-state index contributed by atoms with van der Waals surface area (Å²) in [5, 5.41) is 0. The lowest BCUT2D eigenvalue weighted by atomic mass is 10.0. The van der Waals surface area contributed by atoms with E-state index < -0.39 is 29.6 Å². The Balaban J connectivity index is 1.31. The van der Waals surface area contributed by atoms with Crippen molar-refractivity contribution in [1.29, 1.82) is 0 Å². The summed E-state index contributed by atoms with van der Waals surface area (Å²) in [5.74, 6) is -2.18. The van der Waals surface area contributed by atoms with Crippen LogP contribution in [0, 0.1) is 0 Å². The number of nitrogens with zero attached hydrogens (tertiary/aromatic N) is 2. The number of rotatable bonds is 8. The Labute approximate surface area is 200 Å². The number of oxazole rings is 1. The van der Waals surface area contributed by atoms with Crippen molar-refractivity contribution in [2.24, 2.45) is 0 Å². The number of hydrogen-bond acceptors (Lipinski definition) is 6. The zero-order valence-electron chi connectivity index (χ0n) is 18.8. The molecule has 1 aliphatic heterocycles. The molecule has 3 aromatic carbocycles. The molecule has 5 rings (SSSR count). The molecule has 2 amide bonds. The number of carbonyl (C=O) groups is 3. The molecule has 8 heteroatoms. The van der Waals surface area contributed by atoms with E-state index in [0.29, 0.717) is 24.1 Å². The molecule has 0 saturated carbocycles. The SMILES string of the molecule is O=C(OCCCn1c(=O)oc2ccccc21)[C@H](Cc1ccccc1)N1C(=O)c2ccccc2C1=O. The highest BCUT2D eigenvalue weighted by atomic mass is 16.5. The van der Waals surface area contributed by atoms with Crippen molar-refractivity contribution in [3.05, 3.63) is 106 Å². The number of aromatic nitrogens is 1. The van der Waals surface area contributed by atoms with E-state index in [4.69, 9.17) is 9.15 Å². The Bertz CT molecular complexity index is 1430. The van der Waals surface area contributed by atoms with Gasteiger partial charge in [0.25, 0.3) is 11.8 Å². The van der Waals surface area contributed by atoms with Gasteiger partial charge in [-0.3, -0.25) is 19.1 Å². The summed E-state index contributed by atoms with van der Waals surface area (Å²) in [4.78, 5) is 52.4. The standard InChI is InChI=1S/C27H22N2O6/c30-24-19-11-4-5-12-20(19)25(31)29(24)22(17-18-9-2-1-3-10-18)26(32)34-16-8-15-28-21-13-6-7-14-23(21)35-27(28)33/h1-7,9-14,22H,8,15-17H2/t22-/m0/s1. The van der Waals surface area contributed by atoms with Crippen LogP contribution in [0.1, 0.15) is 32.7 Å². The highest BCUT2D eigenvalue weighted by molar-refractivity contribution is 6.22. The van der Waals surface area contributed by atoms with E-state index in [-0.39, 0.29) is 24.2 Å². The highest BCUT2D eigenvalue weighted by Crippen LogP contribution is 2.26. The maximum absolute atomic E-state index is 13.2. The second-order valence-corrected chi connectivity index (χ2v) is 8.24. The molecule has 1 atom stereocenters. The van der Waals surface area contributed by atoms with Gasteiger partial charge in [-0.25, -0.2) is 9.59 Å². The van der Waals surface area contributed by atoms with Gasteiger partial charge in [0.2, 0.25) is 0 Å². The van der Waals surface area contributed by atoms with E-state index in [1.54, 1.807) is 42.5 Å². The van der Waals surface area contributed by atoms with E-state index in [2.05, 4.69) is 0 Å². The predicted octanol–water partition coefficient (Wildman–Crippen LogP) is 3.44. The molecule has 0 radical (unpaired) electrons. The molecule has 1 aromatic heterocycles. The average Bonchev–Trinajstić information content (AvgIpc) is 3.33. The third-order valence-corrected chi connectivity index (χ3v) is 6.03. The molecular formula is C27H22N2O6. The van der Waals surface area contributed by atoms with E-state index >= 15 is 0 Å². The van der Waals surface area contributed by atoms with Crippen molar-refractivity contribution >= 4 is 28.9 Å². The quantitative estimate of drug-likeness (QED) is 0.222. The summed E-state index contributed by atoms with van der Waals surface area (Å²) in [6.45, 7) is 0.304. The zero-order valence-corrected chi connectivity index (χ0v) is 18.8. The maximum atomic E-state index is 13.2. The lowest BCUT2D eigenvalue weighted by Crippen LogP contribution is -2.47. The number of aryl methyl sites for hydroxylation is 1. The smallest absolute Gasteiger partial charge is 0.419 e. The van der Waals surface area contributed by atoms with Crippen LogP contribution in [0.4, 0.5) is 0 Å². The molecule has 0 N–H and O–H groups in total. The fourth-order valence-electron chi connectivity index (χ4n) is 4.33. The van der Waals surface area contributed by atoms with Crippen LogP contribution in [0.2, 0.25) is 0 Å².